The molecule has 0 radical (unpaired) electrons. The lowest BCUT2D eigenvalue weighted by Crippen LogP contribution is -2.26. The van der Waals surface area contributed by atoms with Crippen LogP contribution in [-0.2, 0) is 0 Å². The predicted octanol–water partition coefficient (Wildman–Crippen LogP) is 2.42. The fraction of sp³-hybridized carbons (Fsp3) is 0.0714. The van der Waals surface area contributed by atoms with Crippen molar-refractivity contribution in [1.29, 1.82) is 0 Å². The monoisotopic (exact) mass is 243 g/mol. The standard InChI is InChI=1S/C14H13NO3/c1-17-12-7-9-13(10-8-12)18-15-14(16)11-5-3-2-4-6-11/h2-10H,1H3,(H,15,16). The molecule has 4 heteroatoms. The molecule has 1 N–H and O–H groups in total. The van der Waals surface area contributed by atoms with Crippen molar-refractivity contribution in [3.05, 3.63) is 60.2 Å². The number of carbonyl (C=O) groups is 1. The van der Waals surface area contributed by atoms with Crippen molar-refractivity contribution in [2.24, 2.45) is 0 Å². The number of methoxy groups -OCH3 is 1. The van der Waals surface area contributed by atoms with Gasteiger partial charge in [-0.1, -0.05) is 18.2 Å². The van der Waals surface area contributed by atoms with Crippen molar-refractivity contribution in [2.75, 3.05) is 7.11 Å². The van der Waals surface area contributed by atoms with Crippen LogP contribution in [-0.4, -0.2) is 13.0 Å². The third kappa shape index (κ3) is 3.01. The van der Waals surface area contributed by atoms with Gasteiger partial charge in [-0.2, -0.15) is 5.48 Å². The average Bonchev–Trinajstić information content (AvgIpc) is 2.46. The maximum atomic E-state index is 11.7. The van der Waals surface area contributed by atoms with Crippen LogP contribution >= 0.6 is 0 Å². The van der Waals surface area contributed by atoms with Crippen molar-refractivity contribution in [2.45, 2.75) is 0 Å². The zero-order valence-corrected chi connectivity index (χ0v) is 9.92. The van der Waals surface area contributed by atoms with Crippen LogP contribution in [0, 0.1) is 0 Å². The molecule has 0 atom stereocenters. The Morgan fingerprint density at radius 2 is 1.56 bits per heavy atom. The van der Waals surface area contributed by atoms with E-state index in [0.29, 0.717) is 11.3 Å². The predicted molar refractivity (Wildman–Crippen MR) is 67.5 cm³/mol. The molecule has 2 aromatic rings. The first-order valence-electron chi connectivity index (χ1n) is 5.46. The number of nitrogens with one attached hydrogen (secondary N) is 1. The van der Waals surface area contributed by atoms with Crippen molar-refractivity contribution >= 4 is 5.91 Å². The number of hydroxylamine groups is 1. The van der Waals surface area contributed by atoms with E-state index in [2.05, 4.69) is 5.48 Å². The third-order valence-electron chi connectivity index (χ3n) is 2.36. The summed E-state index contributed by atoms with van der Waals surface area (Å²) in [5, 5.41) is 0. The Labute approximate surface area is 105 Å². The van der Waals surface area contributed by atoms with E-state index in [9.17, 15) is 4.79 Å². The molecule has 0 aliphatic carbocycles. The number of benzene rings is 2. The zero-order chi connectivity index (χ0) is 12.8. The second kappa shape index (κ2) is 5.72. The summed E-state index contributed by atoms with van der Waals surface area (Å²) >= 11 is 0. The summed E-state index contributed by atoms with van der Waals surface area (Å²) in [6, 6.07) is 15.8. The highest BCUT2D eigenvalue weighted by atomic mass is 16.7. The maximum Gasteiger partial charge on any atom is 0.283 e. The normalized spacial score (nSPS) is 9.61. The highest BCUT2D eigenvalue weighted by Gasteiger charge is 2.04. The molecule has 2 aromatic carbocycles. The number of ether oxygens (including phenoxy) is 1. The molecule has 18 heavy (non-hydrogen) atoms. The van der Waals surface area contributed by atoms with Gasteiger partial charge in [-0.15, -0.1) is 0 Å². The van der Waals surface area contributed by atoms with Gasteiger partial charge in [-0.05, 0) is 36.4 Å². The Morgan fingerprint density at radius 3 is 2.17 bits per heavy atom. The van der Waals surface area contributed by atoms with E-state index in [0.717, 1.165) is 5.75 Å². The number of hydrogen-bond acceptors (Lipinski definition) is 3. The van der Waals surface area contributed by atoms with Crippen LogP contribution < -0.4 is 15.1 Å². The Morgan fingerprint density at radius 1 is 0.944 bits per heavy atom. The lowest BCUT2D eigenvalue weighted by Gasteiger charge is -2.07. The van der Waals surface area contributed by atoms with E-state index in [4.69, 9.17) is 9.57 Å². The average molecular weight is 243 g/mol. The number of rotatable bonds is 4. The Bertz CT molecular complexity index is 508. The topological polar surface area (TPSA) is 47.6 Å². The van der Waals surface area contributed by atoms with Crippen LogP contribution in [0.2, 0.25) is 0 Å². The van der Waals surface area contributed by atoms with Crippen molar-refractivity contribution in [3.8, 4) is 11.5 Å². The largest absolute Gasteiger partial charge is 0.497 e. The van der Waals surface area contributed by atoms with Crippen LogP contribution in [0.1, 0.15) is 10.4 Å². The molecule has 0 aromatic heterocycles. The van der Waals surface area contributed by atoms with E-state index < -0.39 is 0 Å². The molecule has 0 heterocycles. The molecule has 0 fully saturated rings. The Balaban J connectivity index is 1.93. The van der Waals surface area contributed by atoms with E-state index in [-0.39, 0.29) is 5.91 Å². The molecule has 92 valence electrons. The first kappa shape index (κ1) is 12.0. The molecule has 0 aliphatic heterocycles. The van der Waals surface area contributed by atoms with E-state index in [1.165, 1.54) is 0 Å². The van der Waals surface area contributed by atoms with Crippen molar-refractivity contribution in [3.63, 3.8) is 0 Å². The van der Waals surface area contributed by atoms with E-state index in [1.54, 1.807) is 55.6 Å². The van der Waals surface area contributed by atoms with Gasteiger partial charge in [-0.3, -0.25) is 4.79 Å². The molecule has 0 spiro atoms. The summed E-state index contributed by atoms with van der Waals surface area (Å²) in [6.07, 6.45) is 0. The quantitative estimate of drug-likeness (QED) is 0.839. The molecule has 0 saturated carbocycles. The van der Waals surface area contributed by atoms with E-state index >= 15 is 0 Å². The first-order chi connectivity index (χ1) is 8.79. The molecule has 0 saturated heterocycles. The summed E-state index contributed by atoms with van der Waals surface area (Å²) in [6.45, 7) is 0. The fourth-order valence-electron chi connectivity index (χ4n) is 1.40. The van der Waals surface area contributed by atoms with Gasteiger partial charge in [0.25, 0.3) is 5.91 Å². The van der Waals surface area contributed by atoms with E-state index in [1.807, 2.05) is 6.07 Å². The summed E-state index contributed by atoms with van der Waals surface area (Å²) in [5.74, 6) is 0.989. The number of amides is 1. The summed E-state index contributed by atoms with van der Waals surface area (Å²) < 4.78 is 5.02. The fourth-order valence-corrected chi connectivity index (χ4v) is 1.40. The molecule has 1 amide bonds. The summed E-state index contributed by atoms with van der Waals surface area (Å²) in [7, 11) is 1.59. The van der Waals surface area contributed by atoms with Gasteiger partial charge >= 0.3 is 0 Å². The van der Waals surface area contributed by atoms with Crippen molar-refractivity contribution < 1.29 is 14.4 Å². The lowest BCUT2D eigenvalue weighted by atomic mass is 10.2. The minimum Gasteiger partial charge on any atom is -0.497 e. The SMILES string of the molecule is COc1ccc(ONC(=O)c2ccccc2)cc1. The van der Waals surface area contributed by atoms with Gasteiger partial charge in [0.05, 0.1) is 7.11 Å². The first-order valence-corrected chi connectivity index (χ1v) is 5.46. The molecule has 0 aliphatic rings. The molecule has 4 nitrogen and oxygen atoms in total. The van der Waals surface area contributed by atoms with Crippen LogP contribution in [0.4, 0.5) is 0 Å². The van der Waals surface area contributed by atoms with Crippen LogP contribution in [0.25, 0.3) is 0 Å². The smallest absolute Gasteiger partial charge is 0.283 e. The Hall–Kier alpha value is -2.49. The summed E-state index contributed by atoms with van der Waals surface area (Å²) in [4.78, 5) is 16.8. The van der Waals surface area contributed by atoms with Gasteiger partial charge in [0.1, 0.15) is 5.75 Å². The highest BCUT2D eigenvalue weighted by molar-refractivity contribution is 5.93. The maximum absolute atomic E-state index is 11.7. The third-order valence-corrected chi connectivity index (χ3v) is 2.36. The van der Waals surface area contributed by atoms with Gasteiger partial charge in [0.2, 0.25) is 0 Å². The second-order valence-corrected chi connectivity index (χ2v) is 3.57. The van der Waals surface area contributed by atoms with Gasteiger partial charge in [-0.25, -0.2) is 0 Å². The molecular formula is C14H13NO3. The number of hydrogen-bond donors (Lipinski definition) is 1. The molecule has 0 bridgehead atoms. The second-order valence-electron chi connectivity index (χ2n) is 3.57. The molecular weight excluding hydrogens is 230 g/mol. The van der Waals surface area contributed by atoms with Gasteiger partial charge in [0, 0.05) is 5.56 Å². The number of carbonyl (C=O) groups excluding carboxylic acids is 1. The molecule has 0 unspecified atom stereocenters. The minimum absolute atomic E-state index is 0.286. The van der Waals surface area contributed by atoms with Gasteiger partial charge < -0.3 is 9.57 Å². The molecule has 2 rings (SSSR count). The lowest BCUT2D eigenvalue weighted by molar-refractivity contribution is 0.0760. The highest BCUT2D eigenvalue weighted by Crippen LogP contribution is 2.16. The van der Waals surface area contributed by atoms with Gasteiger partial charge in [0.15, 0.2) is 5.75 Å². The Kier molecular flexibility index (Phi) is 3.81. The van der Waals surface area contributed by atoms with Crippen LogP contribution in [0.3, 0.4) is 0 Å². The van der Waals surface area contributed by atoms with Crippen molar-refractivity contribution in [1.82, 2.24) is 5.48 Å². The summed E-state index contributed by atoms with van der Waals surface area (Å²) in [5.41, 5.74) is 2.92. The zero-order valence-electron chi connectivity index (χ0n) is 9.92. The van der Waals surface area contributed by atoms with Crippen LogP contribution in [0.15, 0.2) is 54.6 Å². The van der Waals surface area contributed by atoms with Crippen LogP contribution in [0.5, 0.6) is 11.5 Å². The minimum atomic E-state index is -0.286.